The van der Waals surface area contributed by atoms with E-state index in [1.807, 2.05) is 12.2 Å². The zero-order valence-corrected chi connectivity index (χ0v) is 44.9. The molecule has 0 aliphatic rings. The molecule has 0 radical (unpaired) electrons. The Morgan fingerprint density at radius 3 is 0.986 bits per heavy atom. The molecule has 0 N–H and O–H groups in total. The average molecular weight is 975 g/mol. The van der Waals surface area contributed by atoms with Crippen LogP contribution < -0.4 is 0 Å². The maximum atomic E-state index is 12.7. The number of ether oxygens (including phenoxy) is 3. The molecule has 0 spiro atoms. The van der Waals surface area contributed by atoms with Crippen LogP contribution in [-0.2, 0) is 28.6 Å². The van der Waals surface area contributed by atoms with Gasteiger partial charge in [-0.05, 0) is 128 Å². The van der Waals surface area contributed by atoms with Crippen LogP contribution in [0.5, 0.6) is 0 Å². The van der Waals surface area contributed by atoms with Gasteiger partial charge in [0, 0.05) is 19.3 Å². The van der Waals surface area contributed by atoms with Crippen LogP contribution in [0.15, 0.2) is 170 Å². The minimum Gasteiger partial charge on any atom is -0.462 e. The Labute approximate surface area is 434 Å². The highest BCUT2D eigenvalue weighted by molar-refractivity contribution is 5.71. The number of carbonyl (C=O) groups is 3. The molecule has 1 atom stereocenters. The molecular formula is C65H98O6. The van der Waals surface area contributed by atoms with Gasteiger partial charge in [0.05, 0.1) is 0 Å². The maximum Gasteiger partial charge on any atom is 0.306 e. The first-order valence-electron chi connectivity index (χ1n) is 27.6. The first-order chi connectivity index (χ1) is 35.0. The molecule has 0 aliphatic carbocycles. The van der Waals surface area contributed by atoms with Crippen molar-refractivity contribution in [2.75, 3.05) is 13.2 Å². The van der Waals surface area contributed by atoms with Crippen molar-refractivity contribution < 1.29 is 28.6 Å². The Bertz CT molecular complexity index is 1690. The minimum absolute atomic E-state index is 0.137. The summed E-state index contributed by atoms with van der Waals surface area (Å²) < 4.78 is 16.6. The summed E-state index contributed by atoms with van der Waals surface area (Å²) in [6.45, 7) is 6.22. The van der Waals surface area contributed by atoms with Crippen molar-refractivity contribution in [2.45, 2.75) is 207 Å². The Morgan fingerprint density at radius 2 is 0.592 bits per heavy atom. The fraction of sp³-hybridized carbons (Fsp3) is 0.523. The predicted molar refractivity (Wildman–Crippen MR) is 306 cm³/mol. The van der Waals surface area contributed by atoms with Crippen LogP contribution in [-0.4, -0.2) is 37.2 Å². The van der Waals surface area contributed by atoms with Gasteiger partial charge in [0.25, 0.3) is 0 Å². The highest BCUT2D eigenvalue weighted by Crippen LogP contribution is 2.11. The summed E-state index contributed by atoms with van der Waals surface area (Å²) in [5, 5.41) is 0. The second kappa shape index (κ2) is 57.3. The van der Waals surface area contributed by atoms with E-state index in [9.17, 15) is 14.4 Å². The van der Waals surface area contributed by atoms with Crippen LogP contribution in [0.3, 0.4) is 0 Å². The molecule has 0 heterocycles. The van der Waals surface area contributed by atoms with Gasteiger partial charge in [-0.1, -0.05) is 223 Å². The summed E-state index contributed by atoms with van der Waals surface area (Å²) in [7, 11) is 0. The molecule has 0 rings (SSSR count). The lowest BCUT2D eigenvalue weighted by Gasteiger charge is -2.18. The number of esters is 3. The van der Waals surface area contributed by atoms with E-state index in [1.165, 1.54) is 19.3 Å². The molecule has 1 unspecified atom stereocenters. The largest absolute Gasteiger partial charge is 0.462 e. The van der Waals surface area contributed by atoms with Crippen molar-refractivity contribution in [2.24, 2.45) is 0 Å². The second-order valence-corrected chi connectivity index (χ2v) is 17.4. The highest BCUT2D eigenvalue weighted by atomic mass is 16.6. The van der Waals surface area contributed by atoms with Gasteiger partial charge in [0.15, 0.2) is 6.10 Å². The summed E-state index contributed by atoms with van der Waals surface area (Å²) in [6, 6.07) is 0. The van der Waals surface area contributed by atoms with Gasteiger partial charge < -0.3 is 14.2 Å². The molecule has 71 heavy (non-hydrogen) atoms. The molecule has 394 valence electrons. The lowest BCUT2D eigenvalue weighted by atomic mass is 10.1. The summed E-state index contributed by atoms with van der Waals surface area (Å²) in [5.74, 6) is -1.11. The van der Waals surface area contributed by atoms with Gasteiger partial charge in [0.2, 0.25) is 0 Å². The quantitative estimate of drug-likeness (QED) is 0.0262. The number of allylic oxidation sites excluding steroid dienone is 28. The smallest absolute Gasteiger partial charge is 0.306 e. The Morgan fingerprint density at radius 1 is 0.296 bits per heavy atom. The minimum atomic E-state index is -0.851. The van der Waals surface area contributed by atoms with Gasteiger partial charge in [0.1, 0.15) is 13.2 Å². The molecule has 0 fully saturated rings. The zero-order valence-electron chi connectivity index (χ0n) is 44.9. The number of hydrogen-bond donors (Lipinski definition) is 0. The lowest BCUT2D eigenvalue weighted by Crippen LogP contribution is -2.30. The third-order valence-corrected chi connectivity index (χ3v) is 10.7. The van der Waals surface area contributed by atoms with Crippen LogP contribution in [0.2, 0.25) is 0 Å². The van der Waals surface area contributed by atoms with Crippen molar-refractivity contribution >= 4 is 17.9 Å². The average Bonchev–Trinajstić information content (AvgIpc) is 3.37. The van der Waals surface area contributed by atoms with E-state index >= 15 is 0 Å². The van der Waals surface area contributed by atoms with Crippen LogP contribution in [0, 0.1) is 0 Å². The summed E-state index contributed by atoms with van der Waals surface area (Å²) in [6.07, 6.45) is 85.2. The lowest BCUT2D eigenvalue weighted by molar-refractivity contribution is -0.166. The molecule has 0 saturated heterocycles. The van der Waals surface area contributed by atoms with E-state index in [2.05, 4.69) is 179 Å². The zero-order chi connectivity index (χ0) is 51.4. The number of rotatable bonds is 47. The SMILES string of the molecule is CC/C=C\C/C=C\C/C=C\C/C=C\C/C=C\C/C=C\C/C=C\C/C=C\C/C=C\CCCC(=O)OCC(COC(=O)CCCCCCC/C=C\CCCC)OC(=O)CC/C=C\C/C=C\C/C=C\C/C=C\CC. The van der Waals surface area contributed by atoms with E-state index in [0.717, 1.165) is 128 Å². The third-order valence-electron chi connectivity index (χ3n) is 10.7. The predicted octanol–water partition coefficient (Wildman–Crippen LogP) is 18.8. The third kappa shape index (κ3) is 55.6. The number of carbonyl (C=O) groups excluding carboxylic acids is 3. The van der Waals surface area contributed by atoms with Gasteiger partial charge in [-0.25, -0.2) is 0 Å². The molecular weight excluding hydrogens is 877 g/mol. The monoisotopic (exact) mass is 975 g/mol. The highest BCUT2D eigenvalue weighted by Gasteiger charge is 2.19. The molecule has 0 aromatic rings. The standard InChI is InChI=1S/C65H98O6/c1-4-7-10-13-16-19-22-24-25-26-27-28-29-30-31-32-33-34-35-36-37-38-39-41-43-46-49-52-55-58-64(67)70-61-62(60-69-63(66)57-54-51-48-45-42-21-18-15-12-9-6-3)71-65(68)59-56-53-50-47-44-40-23-20-17-14-11-8-5-2/h7-8,10-11,15-20,24-25,27-28,30-31,33-34,36-37,39-41,44,46,49-50,53,62H,4-6,9,12-14,21-23,26,29,32,35,38,42-43,45,47-48,51-52,54-61H2,1-3H3/b10-7-,11-8-,18-15-,19-16-,20-17-,25-24-,28-27-,31-30-,34-33-,37-36-,41-39-,44-40-,49-46-,53-50-. The van der Waals surface area contributed by atoms with Crippen LogP contribution in [0.25, 0.3) is 0 Å². The topological polar surface area (TPSA) is 78.9 Å². The van der Waals surface area contributed by atoms with E-state index < -0.39 is 12.1 Å². The summed E-state index contributed by atoms with van der Waals surface area (Å²) in [4.78, 5) is 37.9. The molecule has 0 aromatic heterocycles. The van der Waals surface area contributed by atoms with Crippen LogP contribution in [0.1, 0.15) is 201 Å². The first kappa shape index (κ1) is 65.8. The Balaban J connectivity index is 4.47. The summed E-state index contributed by atoms with van der Waals surface area (Å²) in [5.41, 5.74) is 0. The van der Waals surface area contributed by atoms with Crippen LogP contribution >= 0.6 is 0 Å². The molecule has 0 aromatic carbocycles. The number of unbranched alkanes of at least 4 members (excludes halogenated alkanes) is 8. The van der Waals surface area contributed by atoms with E-state index in [1.54, 1.807) is 0 Å². The Hall–Kier alpha value is -5.23. The Kier molecular flexibility index (Phi) is 53.1. The maximum absolute atomic E-state index is 12.7. The summed E-state index contributed by atoms with van der Waals surface area (Å²) >= 11 is 0. The van der Waals surface area contributed by atoms with Crippen molar-refractivity contribution in [1.29, 1.82) is 0 Å². The molecule has 6 heteroatoms. The normalized spacial score (nSPS) is 13.5. The van der Waals surface area contributed by atoms with Gasteiger partial charge in [-0.2, -0.15) is 0 Å². The van der Waals surface area contributed by atoms with Crippen molar-refractivity contribution in [3.63, 3.8) is 0 Å². The van der Waals surface area contributed by atoms with E-state index in [4.69, 9.17) is 14.2 Å². The fourth-order valence-corrected chi connectivity index (χ4v) is 6.61. The van der Waals surface area contributed by atoms with E-state index in [0.29, 0.717) is 19.3 Å². The van der Waals surface area contributed by atoms with Gasteiger partial charge in [-0.15, -0.1) is 0 Å². The molecule has 0 aliphatic heterocycles. The van der Waals surface area contributed by atoms with Gasteiger partial charge >= 0.3 is 17.9 Å². The first-order valence-corrected chi connectivity index (χ1v) is 27.6. The molecule has 6 nitrogen and oxygen atoms in total. The van der Waals surface area contributed by atoms with Crippen molar-refractivity contribution in [1.82, 2.24) is 0 Å². The fourth-order valence-electron chi connectivity index (χ4n) is 6.61. The van der Waals surface area contributed by atoms with E-state index in [-0.39, 0.29) is 38.0 Å². The van der Waals surface area contributed by atoms with Crippen molar-refractivity contribution in [3.8, 4) is 0 Å². The molecule has 0 amide bonds. The molecule has 0 bridgehead atoms. The van der Waals surface area contributed by atoms with Gasteiger partial charge in [-0.3, -0.25) is 14.4 Å². The second-order valence-electron chi connectivity index (χ2n) is 17.4. The van der Waals surface area contributed by atoms with Crippen molar-refractivity contribution in [3.05, 3.63) is 170 Å². The number of hydrogen-bond acceptors (Lipinski definition) is 6. The van der Waals surface area contributed by atoms with Crippen LogP contribution in [0.4, 0.5) is 0 Å². The molecule has 0 saturated carbocycles.